The first-order valence-corrected chi connectivity index (χ1v) is 8.09. The molecule has 0 radical (unpaired) electrons. The van der Waals surface area contributed by atoms with Crippen molar-refractivity contribution >= 4 is 35.9 Å². The van der Waals surface area contributed by atoms with Crippen molar-refractivity contribution in [3.63, 3.8) is 0 Å². The maximum absolute atomic E-state index is 11.6. The Labute approximate surface area is 160 Å². The summed E-state index contributed by atoms with van der Waals surface area (Å²) in [4.78, 5) is 22.7. The van der Waals surface area contributed by atoms with E-state index in [1.807, 2.05) is 20.8 Å². The quantitative estimate of drug-likeness (QED) is 0.328. The number of aliphatic imine (C=N–C) groups is 1. The average molecular weight is 450 g/mol. The Morgan fingerprint density at radius 1 is 1.42 bits per heavy atom. The third-order valence-electron chi connectivity index (χ3n) is 4.10. The highest BCUT2D eigenvalue weighted by Crippen LogP contribution is 2.18. The van der Waals surface area contributed by atoms with Crippen molar-refractivity contribution in [2.45, 2.75) is 40.2 Å². The molecular formula is C16H27IN4O3. The van der Waals surface area contributed by atoms with Crippen LogP contribution in [0.15, 0.2) is 9.41 Å². The fraction of sp³-hybridized carbons (Fsp3) is 0.688. The largest absolute Gasteiger partial charge is 0.469 e. The van der Waals surface area contributed by atoms with E-state index in [0.717, 1.165) is 49.9 Å². The number of hydrogen-bond acceptors (Lipinski definition) is 5. The molecule has 0 spiro atoms. The smallest absolute Gasteiger partial charge is 0.308 e. The second kappa shape index (κ2) is 9.85. The predicted octanol–water partition coefficient (Wildman–Crippen LogP) is 2.26. The Balaban J connectivity index is 0.00000288. The number of hydrogen-bond donors (Lipinski definition) is 1. The van der Waals surface area contributed by atoms with Crippen LogP contribution in [0.25, 0.3) is 0 Å². The fourth-order valence-electron chi connectivity index (χ4n) is 2.67. The van der Waals surface area contributed by atoms with E-state index in [9.17, 15) is 4.79 Å². The summed E-state index contributed by atoms with van der Waals surface area (Å²) in [7, 11) is 1.45. The van der Waals surface area contributed by atoms with Crippen molar-refractivity contribution in [3.05, 3.63) is 17.3 Å². The summed E-state index contributed by atoms with van der Waals surface area (Å²) in [5.41, 5.74) is 0.902. The molecule has 0 unspecified atom stereocenters. The molecule has 1 saturated heterocycles. The number of ether oxygens (including phenoxy) is 1. The molecule has 0 saturated carbocycles. The number of carbonyl (C=O) groups excluding carboxylic acids is 1. The van der Waals surface area contributed by atoms with Crippen molar-refractivity contribution in [2.75, 3.05) is 26.7 Å². The zero-order valence-electron chi connectivity index (χ0n) is 14.8. The molecule has 0 aliphatic carbocycles. The van der Waals surface area contributed by atoms with E-state index < -0.39 is 0 Å². The molecule has 1 aliphatic rings. The van der Waals surface area contributed by atoms with E-state index in [1.54, 1.807) is 0 Å². The number of nitrogens with zero attached hydrogens (tertiary/aromatic N) is 3. The molecule has 0 aromatic carbocycles. The number of rotatable bonds is 4. The molecule has 1 N–H and O–H groups in total. The summed E-state index contributed by atoms with van der Waals surface area (Å²) < 4.78 is 10.4. The van der Waals surface area contributed by atoms with Crippen molar-refractivity contribution in [1.82, 2.24) is 15.2 Å². The first-order chi connectivity index (χ1) is 11.0. The second-order valence-corrected chi connectivity index (χ2v) is 5.70. The van der Waals surface area contributed by atoms with Crippen molar-refractivity contribution in [2.24, 2.45) is 10.9 Å². The summed E-state index contributed by atoms with van der Waals surface area (Å²) in [6, 6.07) is 0. The van der Waals surface area contributed by atoms with Gasteiger partial charge < -0.3 is 19.4 Å². The number of aromatic nitrogens is 1. The van der Waals surface area contributed by atoms with Crippen LogP contribution >= 0.6 is 24.0 Å². The van der Waals surface area contributed by atoms with Crippen LogP contribution in [0.3, 0.4) is 0 Å². The number of nitrogens with one attached hydrogen (secondary N) is 1. The van der Waals surface area contributed by atoms with Crippen LogP contribution in [-0.4, -0.2) is 48.6 Å². The van der Waals surface area contributed by atoms with Gasteiger partial charge in [0, 0.05) is 19.6 Å². The van der Waals surface area contributed by atoms with Gasteiger partial charge in [0.05, 0.1) is 18.7 Å². The van der Waals surface area contributed by atoms with Gasteiger partial charge in [-0.15, -0.1) is 24.0 Å². The zero-order valence-corrected chi connectivity index (χ0v) is 17.1. The standard InChI is InChI=1S/C16H26N4O3.HI/c1-5-17-16(18-10-14-19-11(2)12(3)23-14)20-8-6-13(7-9-20)15(21)22-4;/h13H,5-10H2,1-4H3,(H,17,18);1H. The number of methoxy groups -OCH3 is 1. The van der Waals surface area contributed by atoms with E-state index in [-0.39, 0.29) is 35.9 Å². The van der Waals surface area contributed by atoms with Gasteiger partial charge in [0.15, 0.2) is 5.96 Å². The lowest BCUT2D eigenvalue weighted by Crippen LogP contribution is -2.46. The van der Waals surface area contributed by atoms with Crippen LogP contribution in [0.5, 0.6) is 0 Å². The van der Waals surface area contributed by atoms with E-state index in [1.165, 1.54) is 7.11 Å². The molecule has 1 aromatic rings. The van der Waals surface area contributed by atoms with E-state index in [4.69, 9.17) is 9.15 Å². The maximum atomic E-state index is 11.6. The Kier molecular flexibility index (Phi) is 8.51. The molecule has 1 aromatic heterocycles. The normalized spacial score (nSPS) is 15.8. The number of aryl methyl sites for hydroxylation is 2. The molecule has 0 amide bonds. The van der Waals surface area contributed by atoms with Crippen molar-refractivity contribution < 1.29 is 13.9 Å². The number of piperidine rings is 1. The molecule has 136 valence electrons. The molecule has 0 atom stereocenters. The number of carbonyl (C=O) groups is 1. The highest BCUT2D eigenvalue weighted by Gasteiger charge is 2.27. The Hall–Kier alpha value is -1.32. The molecule has 7 nitrogen and oxygen atoms in total. The van der Waals surface area contributed by atoms with Gasteiger partial charge in [0.25, 0.3) is 0 Å². The van der Waals surface area contributed by atoms with Gasteiger partial charge in [0.1, 0.15) is 12.3 Å². The number of oxazole rings is 1. The summed E-state index contributed by atoms with van der Waals surface area (Å²) in [5, 5.41) is 3.29. The Morgan fingerprint density at radius 3 is 2.58 bits per heavy atom. The van der Waals surface area contributed by atoms with E-state index in [0.29, 0.717) is 12.4 Å². The summed E-state index contributed by atoms with van der Waals surface area (Å²) >= 11 is 0. The highest BCUT2D eigenvalue weighted by molar-refractivity contribution is 14.0. The van der Waals surface area contributed by atoms with Gasteiger partial charge in [0.2, 0.25) is 5.89 Å². The number of guanidine groups is 1. The van der Waals surface area contributed by atoms with Gasteiger partial charge in [-0.2, -0.15) is 0 Å². The van der Waals surface area contributed by atoms with Gasteiger partial charge in [-0.1, -0.05) is 0 Å². The van der Waals surface area contributed by atoms with Gasteiger partial charge in [-0.3, -0.25) is 4.79 Å². The highest BCUT2D eigenvalue weighted by atomic mass is 127. The van der Waals surface area contributed by atoms with Crippen LogP contribution in [0.1, 0.15) is 37.1 Å². The van der Waals surface area contributed by atoms with E-state index >= 15 is 0 Å². The number of likely N-dealkylation sites (tertiary alicyclic amines) is 1. The molecule has 2 rings (SSSR count). The molecule has 1 aliphatic heterocycles. The maximum Gasteiger partial charge on any atom is 0.308 e. The second-order valence-electron chi connectivity index (χ2n) is 5.70. The minimum atomic E-state index is -0.114. The first-order valence-electron chi connectivity index (χ1n) is 8.09. The first kappa shape index (κ1) is 20.7. The third-order valence-corrected chi connectivity index (χ3v) is 4.10. The molecule has 2 heterocycles. The van der Waals surface area contributed by atoms with Crippen LogP contribution in [0.4, 0.5) is 0 Å². The number of esters is 1. The molecule has 0 bridgehead atoms. The van der Waals surface area contributed by atoms with Crippen LogP contribution in [-0.2, 0) is 16.1 Å². The molecular weight excluding hydrogens is 423 g/mol. The molecule has 1 fully saturated rings. The van der Waals surface area contributed by atoms with E-state index in [2.05, 4.69) is 20.2 Å². The molecule has 8 heteroatoms. The summed E-state index contributed by atoms with van der Waals surface area (Å²) in [6.45, 7) is 8.64. The Bertz CT molecular complexity index is 546. The molecule has 24 heavy (non-hydrogen) atoms. The minimum Gasteiger partial charge on any atom is -0.469 e. The predicted molar refractivity (Wildman–Crippen MR) is 103 cm³/mol. The van der Waals surface area contributed by atoms with Crippen molar-refractivity contribution in [1.29, 1.82) is 0 Å². The lowest BCUT2D eigenvalue weighted by atomic mass is 9.97. The van der Waals surface area contributed by atoms with Crippen LogP contribution < -0.4 is 5.32 Å². The van der Waals surface area contributed by atoms with Gasteiger partial charge >= 0.3 is 5.97 Å². The van der Waals surface area contributed by atoms with Gasteiger partial charge in [-0.25, -0.2) is 9.98 Å². The summed E-state index contributed by atoms with van der Waals surface area (Å²) in [5.74, 6) is 2.18. The lowest BCUT2D eigenvalue weighted by molar-refractivity contribution is -0.146. The van der Waals surface area contributed by atoms with Crippen LogP contribution in [0, 0.1) is 19.8 Å². The fourth-order valence-corrected chi connectivity index (χ4v) is 2.67. The zero-order chi connectivity index (χ0) is 16.8. The SMILES string of the molecule is CCNC(=NCc1nc(C)c(C)o1)N1CCC(C(=O)OC)CC1.I. The van der Waals surface area contributed by atoms with Crippen molar-refractivity contribution in [3.8, 4) is 0 Å². The van der Waals surface area contributed by atoms with Crippen LogP contribution in [0.2, 0.25) is 0 Å². The Morgan fingerprint density at radius 2 is 2.08 bits per heavy atom. The van der Waals surface area contributed by atoms with Gasteiger partial charge in [-0.05, 0) is 33.6 Å². The third kappa shape index (κ3) is 5.35. The topological polar surface area (TPSA) is 80.0 Å². The minimum absolute atomic E-state index is 0. The lowest BCUT2D eigenvalue weighted by Gasteiger charge is -2.33. The average Bonchev–Trinajstić information content (AvgIpc) is 2.89. The summed E-state index contributed by atoms with van der Waals surface area (Å²) in [6.07, 6.45) is 1.57. The number of halogens is 1. The monoisotopic (exact) mass is 450 g/mol.